The molecular formula is C34H40NO5S-. The Morgan fingerprint density at radius 1 is 1.05 bits per heavy atom. The second kappa shape index (κ2) is 11.6. The third kappa shape index (κ3) is 6.68. The molecular weight excluding hydrogens is 534 g/mol. The van der Waals surface area contributed by atoms with Crippen LogP contribution in [0.1, 0.15) is 70.5 Å². The van der Waals surface area contributed by atoms with Crippen LogP contribution in [0.5, 0.6) is 5.75 Å². The predicted octanol–water partition coefficient (Wildman–Crippen LogP) is 4.94. The van der Waals surface area contributed by atoms with Gasteiger partial charge in [-0.15, -0.1) is 0 Å². The van der Waals surface area contributed by atoms with E-state index in [4.69, 9.17) is 4.74 Å². The van der Waals surface area contributed by atoms with Crippen LogP contribution >= 0.6 is 0 Å². The van der Waals surface area contributed by atoms with E-state index >= 15 is 0 Å². The number of carbonyl (C=O) groups is 1. The standard InChI is InChI=1S/C34H41NO5S/c1-22-17-28(40-16-6-15-35-41(4,38)39)18-23(2)33(22)29-8-5-7-26(24(29)3)11-9-25-10-12-30-27(19-25)21-34(13-14-34)31(30)20-32(36)37/h5,7-8,10,12,17-19,31,35H,6,9,11,13-16,20-21H2,1-4H3,(H,36,37)/p-1. The van der Waals surface area contributed by atoms with Gasteiger partial charge in [0.25, 0.3) is 0 Å². The molecule has 0 radical (unpaired) electrons. The summed E-state index contributed by atoms with van der Waals surface area (Å²) in [5.74, 6) is -0.0420. The molecule has 6 nitrogen and oxygen atoms in total. The molecule has 7 heteroatoms. The van der Waals surface area contributed by atoms with Crippen molar-refractivity contribution in [2.75, 3.05) is 19.4 Å². The van der Waals surface area contributed by atoms with Crippen molar-refractivity contribution in [3.05, 3.63) is 87.5 Å². The van der Waals surface area contributed by atoms with Gasteiger partial charge >= 0.3 is 0 Å². The van der Waals surface area contributed by atoms with Gasteiger partial charge in [-0.05, 0) is 139 Å². The predicted molar refractivity (Wildman–Crippen MR) is 161 cm³/mol. The molecule has 0 amide bonds. The topological polar surface area (TPSA) is 95.5 Å². The van der Waals surface area contributed by atoms with Gasteiger partial charge in [-0.3, -0.25) is 0 Å². The summed E-state index contributed by atoms with van der Waals surface area (Å²) < 4.78 is 30.9. The molecule has 218 valence electrons. The Labute approximate surface area is 244 Å². The van der Waals surface area contributed by atoms with Gasteiger partial charge < -0.3 is 14.6 Å². The van der Waals surface area contributed by atoms with E-state index in [-0.39, 0.29) is 17.8 Å². The summed E-state index contributed by atoms with van der Waals surface area (Å²) in [6.07, 6.45) is 7.00. The molecule has 1 spiro atoms. The number of benzene rings is 3. The molecule has 1 N–H and O–H groups in total. The largest absolute Gasteiger partial charge is 0.550 e. The fraction of sp³-hybridized carbons (Fsp3) is 0.441. The molecule has 41 heavy (non-hydrogen) atoms. The maximum atomic E-state index is 11.4. The number of nitrogens with one attached hydrogen (secondary N) is 1. The Morgan fingerprint density at radius 2 is 1.78 bits per heavy atom. The number of hydrogen-bond acceptors (Lipinski definition) is 5. The molecule has 2 aliphatic rings. The number of ether oxygens (including phenoxy) is 1. The van der Waals surface area contributed by atoms with Crippen molar-refractivity contribution >= 4 is 16.0 Å². The van der Waals surface area contributed by atoms with E-state index in [1.54, 1.807) is 0 Å². The van der Waals surface area contributed by atoms with E-state index in [1.807, 2.05) is 0 Å². The van der Waals surface area contributed by atoms with Crippen molar-refractivity contribution in [2.45, 2.75) is 71.6 Å². The quantitative estimate of drug-likeness (QED) is 0.309. The van der Waals surface area contributed by atoms with Crippen LogP contribution in [0.4, 0.5) is 0 Å². The van der Waals surface area contributed by atoms with Gasteiger partial charge in [0.15, 0.2) is 0 Å². The van der Waals surface area contributed by atoms with Gasteiger partial charge in [-0.2, -0.15) is 0 Å². The summed E-state index contributed by atoms with van der Waals surface area (Å²) in [5.41, 5.74) is 11.4. The number of carboxylic acid groups (broad SMARTS) is 1. The highest BCUT2D eigenvalue weighted by Gasteiger charge is 2.53. The molecule has 3 aromatic carbocycles. The summed E-state index contributed by atoms with van der Waals surface area (Å²) in [6, 6.07) is 17.3. The minimum atomic E-state index is -3.18. The van der Waals surface area contributed by atoms with Crippen molar-refractivity contribution in [1.82, 2.24) is 4.72 Å². The molecule has 1 fully saturated rings. The number of hydrogen-bond donors (Lipinski definition) is 1. The maximum Gasteiger partial charge on any atom is 0.208 e. The van der Waals surface area contributed by atoms with Crippen molar-refractivity contribution in [3.8, 4) is 16.9 Å². The Hall–Kier alpha value is -3.16. The van der Waals surface area contributed by atoms with Crippen LogP contribution in [0.3, 0.4) is 0 Å². The molecule has 1 unspecified atom stereocenters. The first-order chi connectivity index (χ1) is 19.5. The number of carbonyl (C=O) groups excluding carboxylic acids is 1. The second-order valence-corrected chi connectivity index (χ2v) is 13.9. The first kappa shape index (κ1) is 29.3. The molecule has 0 aromatic heterocycles. The molecule has 0 aliphatic heterocycles. The van der Waals surface area contributed by atoms with E-state index in [1.165, 1.54) is 38.9 Å². The minimum Gasteiger partial charge on any atom is -0.550 e. The van der Waals surface area contributed by atoms with Gasteiger partial charge in [-0.1, -0.05) is 36.4 Å². The molecule has 0 heterocycles. The van der Waals surface area contributed by atoms with Gasteiger partial charge in [-0.25, -0.2) is 13.1 Å². The van der Waals surface area contributed by atoms with E-state index in [2.05, 4.69) is 74.0 Å². The maximum absolute atomic E-state index is 11.4. The third-order valence-corrected chi connectivity index (χ3v) is 9.71. The number of aliphatic carboxylic acids is 1. The van der Waals surface area contributed by atoms with Crippen LogP contribution in [0.15, 0.2) is 48.5 Å². The highest BCUT2D eigenvalue weighted by Crippen LogP contribution is 2.64. The Bertz CT molecular complexity index is 1550. The van der Waals surface area contributed by atoms with Gasteiger partial charge in [0.1, 0.15) is 5.75 Å². The highest BCUT2D eigenvalue weighted by atomic mass is 32.2. The van der Waals surface area contributed by atoms with Crippen LogP contribution in [0.2, 0.25) is 0 Å². The smallest absolute Gasteiger partial charge is 0.208 e. The number of rotatable bonds is 12. The Balaban J connectivity index is 1.26. The summed E-state index contributed by atoms with van der Waals surface area (Å²) in [5, 5.41) is 11.4. The third-order valence-electron chi connectivity index (χ3n) is 8.99. The number of carboxylic acids is 1. The minimum absolute atomic E-state index is 0.107. The lowest BCUT2D eigenvalue weighted by atomic mass is 9.86. The zero-order valence-corrected chi connectivity index (χ0v) is 25.3. The average molecular weight is 575 g/mol. The van der Waals surface area contributed by atoms with Crippen molar-refractivity contribution in [3.63, 3.8) is 0 Å². The van der Waals surface area contributed by atoms with Crippen LogP contribution < -0.4 is 14.6 Å². The first-order valence-electron chi connectivity index (χ1n) is 14.5. The summed E-state index contributed by atoms with van der Waals surface area (Å²) in [7, 11) is -3.18. The van der Waals surface area contributed by atoms with E-state index in [9.17, 15) is 18.3 Å². The second-order valence-electron chi connectivity index (χ2n) is 12.1. The van der Waals surface area contributed by atoms with Gasteiger partial charge in [0, 0.05) is 12.5 Å². The van der Waals surface area contributed by atoms with E-state index < -0.39 is 16.0 Å². The molecule has 3 aromatic rings. The van der Waals surface area contributed by atoms with Crippen LogP contribution in [0.25, 0.3) is 11.1 Å². The molecule has 1 saturated carbocycles. The monoisotopic (exact) mass is 574 g/mol. The SMILES string of the molecule is Cc1cc(OCCCNS(C)(=O)=O)cc(C)c1-c1cccc(CCc2ccc3c(c2)CC2(CC2)C3CC(=O)[O-])c1C. The zero-order chi connectivity index (χ0) is 29.4. The van der Waals surface area contributed by atoms with Crippen LogP contribution in [-0.4, -0.2) is 33.8 Å². The normalized spacial score (nSPS) is 17.0. The summed E-state index contributed by atoms with van der Waals surface area (Å²) in [4.78, 5) is 11.4. The van der Waals surface area contributed by atoms with Crippen LogP contribution in [-0.2, 0) is 34.1 Å². The van der Waals surface area contributed by atoms with Crippen molar-refractivity contribution in [2.24, 2.45) is 5.41 Å². The average Bonchev–Trinajstić information content (AvgIpc) is 3.60. The van der Waals surface area contributed by atoms with Crippen LogP contribution in [0, 0.1) is 26.2 Å². The molecule has 0 saturated heterocycles. The summed E-state index contributed by atoms with van der Waals surface area (Å²) >= 11 is 0. The van der Waals surface area contributed by atoms with Gasteiger partial charge in [0.05, 0.1) is 12.9 Å². The summed E-state index contributed by atoms with van der Waals surface area (Å²) in [6.45, 7) is 7.22. The first-order valence-corrected chi connectivity index (χ1v) is 16.4. The molecule has 5 rings (SSSR count). The number of sulfonamides is 1. The molecule has 0 bridgehead atoms. The lowest BCUT2D eigenvalue weighted by Crippen LogP contribution is -2.26. The van der Waals surface area contributed by atoms with E-state index in [0.29, 0.717) is 19.6 Å². The molecule has 2 aliphatic carbocycles. The fourth-order valence-electron chi connectivity index (χ4n) is 6.77. The number of fused-ring (bicyclic) bond motifs is 1. The lowest BCUT2D eigenvalue weighted by molar-refractivity contribution is -0.306. The highest BCUT2D eigenvalue weighted by molar-refractivity contribution is 7.88. The van der Waals surface area contributed by atoms with Crippen molar-refractivity contribution in [1.29, 1.82) is 0 Å². The number of aryl methyl sites for hydroxylation is 4. The lowest BCUT2D eigenvalue weighted by Gasteiger charge is -2.20. The van der Waals surface area contributed by atoms with Gasteiger partial charge in [0.2, 0.25) is 10.0 Å². The zero-order valence-electron chi connectivity index (χ0n) is 24.5. The molecule has 1 atom stereocenters. The Kier molecular flexibility index (Phi) is 8.31. The van der Waals surface area contributed by atoms with E-state index in [0.717, 1.165) is 55.2 Å². The van der Waals surface area contributed by atoms with Crippen molar-refractivity contribution < 1.29 is 23.1 Å². The Morgan fingerprint density at radius 3 is 2.44 bits per heavy atom. The fourth-order valence-corrected chi connectivity index (χ4v) is 7.29.